The number of carbonyl (C=O) groups is 2. The summed E-state index contributed by atoms with van der Waals surface area (Å²) in [6.45, 7) is 8.61. The lowest BCUT2D eigenvalue weighted by Gasteiger charge is -2.39. The highest BCUT2D eigenvalue weighted by molar-refractivity contribution is 5.79. The van der Waals surface area contributed by atoms with Gasteiger partial charge < -0.3 is 19.9 Å². The van der Waals surface area contributed by atoms with Crippen LogP contribution in [0, 0.1) is 11.8 Å². The summed E-state index contributed by atoms with van der Waals surface area (Å²) in [5, 5.41) is 13.2. The highest BCUT2D eigenvalue weighted by Crippen LogP contribution is 2.44. The molecule has 0 aromatic heterocycles. The van der Waals surface area contributed by atoms with Crippen molar-refractivity contribution < 1.29 is 24.2 Å². The smallest absolute Gasteiger partial charge is 0.407 e. The molecule has 6 nitrogen and oxygen atoms in total. The van der Waals surface area contributed by atoms with E-state index in [0.717, 1.165) is 44.9 Å². The van der Waals surface area contributed by atoms with Crippen LogP contribution in [-0.4, -0.2) is 41.5 Å². The molecule has 4 rings (SSSR count). The summed E-state index contributed by atoms with van der Waals surface area (Å²) < 4.78 is 11.7. The first-order valence-electron chi connectivity index (χ1n) is 15.2. The Bertz CT molecular complexity index is 1100. The molecule has 0 spiro atoms. The lowest BCUT2D eigenvalue weighted by molar-refractivity contribution is -0.166. The number of alkyl carbamates (subject to hydrolysis) is 1. The molecule has 1 atom stereocenters. The molecule has 2 N–H and O–H groups in total. The van der Waals surface area contributed by atoms with Gasteiger partial charge in [-0.05, 0) is 93.4 Å². The molecule has 2 aromatic carbocycles. The SMILES string of the molecule is CCC(C)(OC(=O)CCCNC(=O)OCC1c2ccccc2-c2ccccc21)C1CCCC(C(C)(C)O)CCC1. The number of amides is 1. The number of ether oxygens (including phenoxy) is 2. The Kier molecular flexibility index (Phi) is 9.94. The van der Waals surface area contributed by atoms with E-state index in [9.17, 15) is 14.7 Å². The molecule has 2 aromatic rings. The van der Waals surface area contributed by atoms with Crippen LogP contribution in [0.1, 0.15) is 103 Å². The second kappa shape index (κ2) is 13.2. The zero-order chi connectivity index (χ0) is 28.8. The van der Waals surface area contributed by atoms with Crippen LogP contribution in [0.4, 0.5) is 4.79 Å². The van der Waals surface area contributed by atoms with E-state index in [2.05, 4.69) is 43.4 Å². The molecule has 218 valence electrons. The molecule has 0 radical (unpaired) electrons. The normalized spacial score (nSPS) is 20.8. The summed E-state index contributed by atoms with van der Waals surface area (Å²) in [6.07, 6.45) is 7.18. The van der Waals surface area contributed by atoms with E-state index in [-0.39, 0.29) is 24.9 Å². The molecule has 1 saturated carbocycles. The number of fused-ring (bicyclic) bond motifs is 3. The van der Waals surface area contributed by atoms with Gasteiger partial charge >= 0.3 is 12.1 Å². The van der Waals surface area contributed by atoms with Crippen molar-refractivity contribution in [3.63, 3.8) is 0 Å². The average molecular weight is 550 g/mol. The zero-order valence-electron chi connectivity index (χ0n) is 24.7. The van der Waals surface area contributed by atoms with Crippen LogP contribution in [-0.2, 0) is 14.3 Å². The monoisotopic (exact) mass is 549 g/mol. The zero-order valence-corrected chi connectivity index (χ0v) is 24.7. The molecule has 1 unspecified atom stereocenters. The lowest BCUT2D eigenvalue weighted by Crippen LogP contribution is -2.41. The number of rotatable bonds is 10. The van der Waals surface area contributed by atoms with Crippen LogP contribution >= 0.6 is 0 Å². The summed E-state index contributed by atoms with van der Waals surface area (Å²) >= 11 is 0. The summed E-state index contributed by atoms with van der Waals surface area (Å²) in [5.41, 5.74) is 3.63. The van der Waals surface area contributed by atoms with Gasteiger partial charge in [-0.2, -0.15) is 0 Å². The number of carbonyl (C=O) groups excluding carboxylic acids is 2. The summed E-state index contributed by atoms with van der Waals surface area (Å²) in [6, 6.07) is 16.5. The van der Waals surface area contributed by atoms with E-state index < -0.39 is 17.3 Å². The Balaban J connectivity index is 1.19. The van der Waals surface area contributed by atoms with Crippen molar-refractivity contribution >= 4 is 12.1 Å². The third-order valence-corrected chi connectivity index (χ3v) is 9.29. The Labute approximate surface area is 239 Å². The van der Waals surface area contributed by atoms with Gasteiger partial charge in [-0.1, -0.05) is 68.3 Å². The number of benzene rings is 2. The van der Waals surface area contributed by atoms with Crippen molar-refractivity contribution in [1.29, 1.82) is 0 Å². The average Bonchev–Trinajstić information content (AvgIpc) is 3.22. The summed E-state index contributed by atoms with van der Waals surface area (Å²) in [5.74, 6) is 0.459. The van der Waals surface area contributed by atoms with E-state index in [4.69, 9.17) is 9.47 Å². The topological polar surface area (TPSA) is 84.9 Å². The Morgan fingerprint density at radius 2 is 1.45 bits per heavy atom. The Hall–Kier alpha value is -2.86. The number of hydrogen-bond acceptors (Lipinski definition) is 5. The fourth-order valence-electron chi connectivity index (χ4n) is 6.65. The third kappa shape index (κ3) is 7.25. The second-order valence-corrected chi connectivity index (χ2v) is 12.4. The first kappa shape index (κ1) is 30.1. The molecule has 0 aliphatic heterocycles. The molecular formula is C34H47NO5. The van der Waals surface area contributed by atoms with Crippen LogP contribution in [0.15, 0.2) is 48.5 Å². The highest BCUT2D eigenvalue weighted by atomic mass is 16.6. The first-order valence-corrected chi connectivity index (χ1v) is 15.2. The highest BCUT2D eigenvalue weighted by Gasteiger charge is 2.38. The van der Waals surface area contributed by atoms with Crippen molar-refractivity contribution in [2.75, 3.05) is 13.2 Å². The predicted octanol–water partition coefficient (Wildman–Crippen LogP) is 7.37. The van der Waals surface area contributed by atoms with Gasteiger partial charge in [0.1, 0.15) is 12.2 Å². The minimum atomic E-state index is -0.638. The van der Waals surface area contributed by atoms with Crippen LogP contribution < -0.4 is 5.32 Å². The fourth-order valence-corrected chi connectivity index (χ4v) is 6.65. The van der Waals surface area contributed by atoms with Crippen molar-refractivity contribution in [1.82, 2.24) is 5.32 Å². The van der Waals surface area contributed by atoms with Crippen molar-refractivity contribution in [3.8, 4) is 11.1 Å². The number of hydrogen-bond donors (Lipinski definition) is 2. The van der Waals surface area contributed by atoms with Crippen LogP contribution in [0.5, 0.6) is 0 Å². The quantitative estimate of drug-likeness (QED) is 0.239. The number of aliphatic hydroxyl groups is 1. The maximum atomic E-state index is 12.8. The van der Waals surface area contributed by atoms with Gasteiger partial charge in [0.25, 0.3) is 0 Å². The molecule has 1 amide bonds. The maximum Gasteiger partial charge on any atom is 0.407 e. The van der Waals surface area contributed by atoms with Crippen molar-refractivity contribution in [2.45, 2.75) is 103 Å². The number of nitrogens with one attached hydrogen (secondary N) is 1. The molecule has 0 saturated heterocycles. The lowest BCUT2D eigenvalue weighted by atomic mass is 9.73. The van der Waals surface area contributed by atoms with Gasteiger partial charge in [-0.25, -0.2) is 4.79 Å². The van der Waals surface area contributed by atoms with E-state index in [1.807, 2.05) is 38.1 Å². The Morgan fingerprint density at radius 3 is 2.00 bits per heavy atom. The standard InChI is InChI=1S/C34H47NO5/c1-5-34(4,25-15-10-13-24(14-11-16-25)33(2,3)38)40-31(36)21-12-22-35-32(37)39-23-30-28-19-8-6-17-26(28)27-18-7-9-20-29(27)30/h6-9,17-20,24-25,30,38H,5,10-16,21-23H2,1-4H3,(H,35,37). The molecule has 40 heavy (non-hydrogen) atoms. The van der Waals surface area contributed by atoms with E-state index in [1.165, 1.54) is 22.3 Å². The van der Waals surface area contributed by atoms with Gasteiger partial charge in [0.2, 0.25) is 0 Å². The van der Waals surface area contributed by atoms with Crippen LogP contribution in [0.2, 0.25) is 0 Å². The Morgan fingerprint density at radius 1 is 0.900 bits per heavy atom. The van der Waals surface area contributed by atoms with Gasteiger partial charge in [-0.15, -0.1) is 0 Å². The van der Waals surface area contributed by atoms with Gasteiger partial charge in [0.05, 0.1) is 5.60 Å². The molecule has 1 fully saturated rings. The molecule has 2 aliphatic rings. The van der Waals surface area contributed by atoms with E-state index in [0.29, 0.717) is 24.8 Å². The molecule has 0 bridgehead atoms. The van der Waals surface area contributed by atoms with Gasteiger partial charge in [-0.3, -0.25) is 4.79 Å². The van der Waals surface area contributed by atoms with E-state index >= 15 is 0 Å². The molecular weight excluding hydrogens is 502 g/mol. The third-order valence-electron chi connectivity index (χ3n) is 9.29. The van der Waals surface area contributed by atoms with Gasteiger partial charge in [0, 0.05) is 18.9 Å². The van der Waals surface area contributed by atoms with Crippen molar-refractivity contribution in [2.24, 2.45) is 11.8 Å². The predicted molar refractivity (Wildman–Crippen MR) is 158 cm³/mol. The van der Waals surface area contributed by atoms with Gasteiger partial charge in [0.15, 0.2) is 0 Å². The van der Waals surface area contributed by atoms with E-state index in [1.54, 1.807) is 0 Å². The van der Waals surface area contributed by atoms with Crippen LogP contribution in [0.25, 0.3) is 11.1 Å². The molecule has 0 heterocycles. The minimum absolute atomic E-state index is 0.0224. The fraction of sp³-hybridized carbons (Fsp3) is 0.588. The molecule has 6 heteroatoms. The minimum Gasteiger partial charge on any atom is -0.459 e. The van der Waals surface area contributed by atoms with Crippen molar-refractivity contribution in [3.05, 3.63) is 59.7 Å². The summed E-state index contributed by atoms with van der Waals surface area (Å²) in [7, 11) is 0. The van der Waals surface area contributed by atoms with Crippen LogP contribution in [0.3, 0.4) is 0 Å². The second-order valence-electron chi connectivity index (χ2n) is 12.4. The molecule has 2 aliphatic carbocycles. The number of esters is 1. The largest absolute Gasteiger partial charge is 0.459 e. The first-order chi connectivity index (χ1) is 19.1. The summed E-state index contributed by atoms with van der Waals surface area (Å²) in [4.78, 5) is 25.2. The maximum absolute atomic E-state index is 12.8.